The highest BCUT2D eigenvalue weighted by Gasteiger charge is 2.25. The van der Waals surface area contributed by atoms with Crippen LogP contribution in [0.1, 0.15) is 17.3 Å². The Kier molecular flexibility index (Phi) is 6.15. The smallest absolute Gasteiger partial charge is 0.353 e. The Morgan fingerprint density at radius 3 is 2.41 bits per heavy atom. The number of hydrogen-bond donors (Lipinski definition) is 2. The van der Waals surface area contributed by atoms with Gasteiger partial charge in [0.15, 0.2) is 5.15 Å². The fourth-order valence-corrected chi connectivity index (χ4v) is 2.61. The van der Waals surface area contributed by atoms with Crippen LogP contribution in [-0.4, -0.2) is 32.5 Å². The van der Waals surface area contributed by atoms with Crippen LogP contribution in [0, 0.1) is 10.1 Å². The predicted octanol–water partition coefficient (Wildman–Crippen LogP) is 4.10. The second kappa shape index (κ2) is 8.93. The minimum absolute atomic E-state index is 0.0870. The largest absolute Gasteiger partial charge is 0.462 e. The van der Waals surface area contributed by atoms with Gasteiger partial charge in [0.25, 0.3) is 0 Å². The summed E-state index contributed by atoms with van der Waals surface area (Å²) in [4.78, 5) is 35.1. The van der Waals surface area contributed by atoms with Gasteiger partial charge in [-0.15, -0.1) is 0 Å². The number of halogens is 1. The van der Waals surface area contributed by atoms with Gasteiger partial charge in [-0.05, 0) is 31.2 Å². The number of nitro groups is 1. The van der Waals surface area contributed by atoms with Crippen molar-refractivity contribution in [1.82, 2.24) is 15.0 Å². The minimum Gasteiger partial charge on any atom is -0.462 e. The van der Waals surface area contributed by atoms with Crippen LogP contribution in [0.25, 0.3) is 0 Å². The number of carbonyl (C=O) groups excluding carboxylic acids is 1. The lowest BCUT2D eigenvalue weighted by Gasteiger charge is -2.12. The summed E-state index contributed by atoms with van der Waals surface area (Å²) < 4.78 is 5.02. The molecule has 0 fully saturated rings. The van der Waals surface area contributed by atoms with Crippen LogP contribution in [0.15, 0.2) is 48.9 Å². The topological polar surface area (TPSA) is 132 Å². The lowest BCUT2D eigenvalue weighted by molar-refractivity contribution is -0.383. The van der Waals surface area contributed by atoms with Gasteiger partial charge in [0.1, 0.15) is 6.33 Å². The van der Waals surface area contributed by atoms with Gasteiger partial charge in [0.2, 0.25) is 11.6 Å². The molecule has 0 aliphatic heterocycles. The van der Waals surface area contributed by atoms with E-state index in [0.29, 0.717) is 11.4 Å². The van der Waals surface area contributed by atoms with Crippen molar-refractivity contribution in [3.05, 3.63) is 69.8 Å². The van der Waals surface area contributed by atoms with Crippen LogP contribution in [0.2, 0.25) is 5.15 Å². The van der Waals surface area contributed by atoms with Crippen LogP contribution in [0.4, 0.5) is 28.7 Å². The molecule has 0 aliphatic carbocycles. The van der Waals surface area contributed by atoms with Gasteiger partial charge < -0.3 is 15.4 Å². The van der Waals surface area contributed by atoms with E-state index in [4.69, 9.17) is 16.3 Å². The van der Waals surface area contributed by atoms with E-state index in [0.717, 1.165) is 6.33 Å². The Hall–Kier alpha value is -3.79. The first-order valence-corrected chi connectivity index (χ1v) is 8.79. The van der Waals surface area contributed by atoms with Crippen molar-refractivity contribution in [2.75, 3.05) is 17.2 Å². The molecule has 148 valence electrons. The molecule has 11 heteroatoms. The van der Waals surface area contributed by atoms with Crippen molar-refractivity contribution < 1.29 is 14.5 Å². The Morgan fingerprint density at radius 1 is 1.10 bits per heavy atom. The maximum Gasteiger partial charge on any atom is 0.353 e. The lowest BCUT2D eigenvalue weighted by Crippen LogP contribution is -2.10. The van der Waals surface area contributed by atoms with E-state index in [-0.39, 0.29) is 29.0 Å². The highest BCUT2D eigenvalue weighted by Crippen LogP contribution is 2.34. The second-order valence-corrected chi connectivity index (χ2v) is 5.89. The highest BCUT2D eigenvalue weighted by molar-refractivity contribution is 6.32. The Bertz CT molecular complexity index is 1060. The van der Waals surface area contributed by atoms with E-state index < -0.39 is 16.6 Å². The van der Waals surface area contributed by atoms with E-state index in [1.807, 2.05) is 0 Å². The number of nitrogens with zero attached hydrogens (tertiary/aromatic N) is 4. The lowest BCUT2D eigenvalue weighted by atomic mass is 10.2. The number of nitrogens with one attached hydrogen (secondary N) is 2. The van der Waals surface area contributed by atoms with Crippen molar-refractivity contribution in [2.24, 2.45) is 0 Å². The summed E-state index contributed by atoms with van der Waals surface area (Å²) in [7, 11) is 0. The van der Waals surface area contributed by atoms with Crippen molar-refractivity contribution in [1.29, 1.82) is 0 Å². The number of para-hydroxylation sites is 1. The third-order valence-corrected chi connectivity index (χ3v) is 3.99. The molecule has 0 radical (unpaired) electrons. The number of esters is 1. The minimum atomic E-state index is -0.637. The van der Waals surface area contributed by atoms with Gasteiger partial charge in [0.05, 0.1) is 28.5 Å². The normalized spacial score (nSPS) is 10.3. The molecule has 2 aromatic heterocycles. The zero-order chi connectivity index (χ0) is 20.8. The van der Waals surface area contributed by atoms with Gasteiger partial charge in [-0.2, -0.15) is 0 Å². The van der Waals surface area contributed by atoms with Crippen molar-refractivity contribution in [2.45, 2.75) is 6.92 Å². The third-order valence-electron chi connectivity index (χ3n) is 3.69. The maximum atomic E-state index is 12.2. The van der Waals surface area contributed by atoms with Gasteiger partial charge >= 0.3 is 11.7 Å². The molecule has 3 rings (SSSR count). The standard InChI is InChI=1S/C18H15ClN6O4/c1-2-29-18(26)11-6-3-4-7-12(11)23-16-14(25(27)28)17(22-10-21-16)24-13-8-5-9-20-15(13)19/h3-10H,2H2,1H3,(H2,21,22,23,24). The molecular weight excluding hydrogens is 400 g/mol. The second-order valence-electron chi connectivity index (χ2n) is 5.53. The van der Waals surface area contributed by atoms with Crippen molar-refractivity contribution in [3.63, 3.8) is 0 Å². The molecule has 2 N–H and O–H groups in total. The molecule has 2 heterocycles. The first-order valence-electron chi connectivity index (χ1n) is 8.41. The van der Waals surface area contributed by atoms with Crippen LogP contribution in [0.5, 0.6) is 0 Å². The Labute approximate surface area is 170 Å². The van der Waals surface area contributed by atoms with E-state index in [9.17, 15) is 14.9 Å². The number of rotatable bonds is 7. The number of hydrogen-bond acceptors (Lipinski definition) is 9. The van der Waals surface area contributed by atoms with Crippen molar-refractivity contribution in [3.8, 4) is 0 Å². The molecule has 0 saturated heterocycles. The summed E-state index contributed by atoms with van der Waals surface area (Å²) >= 11 is 6.01. The molecule has 0 atom stereocenters. The Balaban J connectivity index is 2.00. The molecule has 0 saturated carbocycles. The van der Waals surface area contributed by atoms with Gasteiger partial charge in [-0.1, -0.05) is 23.7 Å². The SMILES string of the molecule is CCOC(=O)c1ccccc1Nc1ncnc(Nc2cccnc2Cl)c1[N+](=O)[O-]. The first kappa shape index (κ1) is 20.0. The molecule has 0 aliphatic rings. The van der Waals surface area contributed by atoms with Crippen LogP contribution in [0.3, 0.4) is 0 Å². The maximum absolute atomic E-state index is 12.2. The number of carbonyl (C=O) groups is 1. The molecule has 1 aromatic carbocycles. The van der Waals surface area contributed by atoms with Gasteiger partial charge in [0, 0.05) is 6.20 Å². The van der Waals surface area contributed by atoms with Crippen molar-refractivity contribution >= 4 is 46.3 Å². The predicted molar refractivity (Wildman–Crippen MR) is 107 cm³/mol. The zero-order valence-corrected chi connectivity index (χ0v) is 15.9. The molecule has 29 heavy (non-hydrogen) atoms. The zero-order valence-electron chi connectivity index (χ0n) is 15.1. The average molecular weight is 415 g/mol. The number of pyridine rings is 1. The molecule has 0 unspecified atom stereocenters. The number of ether oxygens (including phenoxy) is 1. The molecule has 0 bridgehead atoms. The van der Waals surface area contributed by atoms with Crippen LogP contribution >= 0.6 is 11.6 Å². The van der Waals surface area contributed by atoms with E-state index in [1.54, 1.807) is 43.3 Å². The first-order chi connectivity index (χ1) is 14.0. The summed E-state index contributed by atoms with van der Waals surface area (Å²) in [5, 5.41) is 17.5. The molecule has 10 nitrogen and oxygen atoms in total. The van der Waals surface area contributed by atoms with Crippen LogP contribution < -0.4 is 10.6 Å². The third kappa shape index (κ3) is 4.55. The summed E-state index contributed by atoms with van der Waals surface area (Å²) in [6.07, 6.45) is 2.64. The molecule has 3 aromatic rings. The summed E-state index contributed by atoms with van der Waals surface area (Å²) in [5.41, 5.74) is 0.435. The fourth-order valence-electron chi connectivity index (χ4n) is 2.45. The van der Waals surface area contributed by atoms with E-state index in [2.05, 4.69) is 25.6 Å². The quantitative estimate of drug-likeness (QED) is 0.253. The van der Waals surface area contributed by atoms with Gasteiger partial charge in [-0.3, -0.25) is 10.1 Å². The number of anilines is 4. The molecular formula is C18H15ClN6O4. The monoisotopic (exact) mass is 414 g/mol. The Morgan fingerprint density at radius 2 is 1.76 bits per heavy atom. The van der Waals surface area contributed by atoms with E-state index >= 15 is 0 Å². The van der Waals surface area contributed by atoms with Gasteiger partial charge in [-0.25, -0.2) is 19.7 Å². The molecule has 0 amide bonds. The number of aromatic nitrogens is 3. The fraction of sp³-hybridized carbons (Fsp3) is 0.111. The van der Waals surface area contributed by atoms with Crippen LogP contribution in [-0.2, 0) is 4.74 Å². The summed E-state index contributed by atoms with van der Waals surface area (Å²) in [6.45, 7) is 1.88. The summed E-state index contributed by atoms with van der Waals surface area (Å²) in [6, 6.07) is 9.68. The average Bonchev–Trinajstić information content (AvgIpc) is 2.70. The molecule has 0 spiro atoms. The summed E-state index contributed by atoms with van der Waals surface area (Å²) in [5.74, 6) is -0.756. The highest BCUT2D eigenvalue weighted by atomic mass is 35.5. The number of benzene rings is 1. The van der Waals surface area contributed by atoms with E-state index in [1.165, 1.54) is 6.20 Å².